The summed E-state index contributed by atoms with van der Waals surface area (Å²) in [6.07, 6.45) is 1.95. The molecule has 15 heavy (non-hydrogen) atoms. The Morgan fingerprint density at radius 2 is 2.13 bits per heavy atom. The Bertz CT molecular complexity index is 275. The predicted octanol–water partition coefficient (Wildman–Crippen LogP) is -0.0376. The van der Waals surface area contributed by atoms with Crippen molar-refractivity contribution in [1.82, 2.24) is 10.2 Å². The number of nitrogens with one attached hydrogen (secondary N) is 1. The molecule has 1 fully saturated rings. The molecule has 1 saturated heterocycles. The van der Waals surface area contributed by atoms with Crippen LogP contribution in [0.25, 0.3) is 0 Å². The molecule has 0 aromatic carbocycles. The molecule has 4 nitrogen and oxygen atoms in total. The first kappa shape index (κ1) is 12.9. The van der Waals surface area contributed by atoms with E-state index in [1.807, 2.05) is 0 Å². The fourth-order valence-corrected chi connectivity index (χ4v) is 3.72. The molecule has 0 spiro atoms. The number of nitrogens with zero attached hydrogens (tertiary/aromatic N) is 1. The zero-order valence-electron chi connectivity index (χ0n) is 9.70. The highest BCUT2D eigenvalue weighted by molar-refractivity contribution is 7.91. The van der Waals surface area contributed by atoms with Crippen molar-refractivity contribution in [1.29, 1.82) is 0 Å². The van der Waals surface area contributed by atoms with Gasteiger partial charge in [-0.25, -0.2) is 8.42 Å². The van der Waals surface area contributed by atoms with Crippen LogP contribution in [0.5, 0.6) is 0 Å². The minimum absolute atomic E-state index is 0.342. The van der Waals surface area contributed by atoms with E-state index in [0.29, 0.717) is 17.4 Å². The topological polar surface area (TPSA) is 49.4 Å². The number of hydrogen-bond acceptors (Lipinski definition) is 4. The Hall–Kier alpha value is -0.130. The lowest BCUT2D eigenvalue weighted by Crippen LogP contribution is -2.26. The van der Waals surface area contributed by atoms with Gasteiger partial charge in [0.05, 0.1) is 11.5 Å². The van der Waals surface area contributed by atoms with Crippen LogP contribution in [-0.4, -0.2) is 58.6 Å². The third kappa shape index (κ3) is 5.49. The van der Waals surface area contributed by atoms with Crippen LogP contribution in [0.3, 0.4) is 0 Å². The molecule has 0 aromatic heterocycles. The molecule has 90 valence electrons. The van der Waals surface area contributed by atoms with Crippen LogP contribution in [0.4, 0.5) is 0 Å². The maximum absolute atomic E-state index is 11.2. The highest BCUT2D eigenvalue weighted by Gasteiger charge is 2.27. The van der Waals surface area contributed by atoms with E-state index >= 15 is 0 Å². The fraction of sp³-hybridized carbons (Fsp3) is 1.00. The van der Waals surface area contributed by atoms with Crippen LogP contribution < -0.4 is 5.32 Å². The van der Waals surface area contributed by atoms with Gasteiger partial charge in [-0.3, -0.25) is 0 Å². The van der Waals surface area contributed by atoms with Crippen LogP contribution in [0.2, 0.25) is 0 Å². The van der Waals surface area contributed by atoms with E-state index in [4.69, 9.17) is 0 Å². The summed E-state index contributed by atoms with van der Waals surface area (Å²) in [6, 6.07) is 0. The molecule has 1 aliphatic rings. The van der Waals surface area contributed by atoms with Gasteiger partial charge in [0.25, 0.3) is 0 Å². The second-order valence-corrected chi connectivity index (χ2v) is 6.86. The van der Waals surface area contributed by atoms with E-state index < -0.39 is 9.84 Å². The van der Waals surface area contributed by atoms with Crippen molar-refractivity contribution in [2.24, 2.45) is 5.92 Å². The zero-order valence-corrected chi connectivity index (χ0v) is 10.5. The van der Waals surface area contributed by atoms with Crippen molar-refractivity contribution in [2.75, 3.05) is 45.2 Å². The average molecular weight is 234 g/mol. The normalized spacial score (nSPS) is 24.9. The molecule has 1 aliphatic heterocycles. The lowest BCUT2D eigenvalue weighted by Gasteiger charge is -2.11. The smallest absolute Gasteiger partial charge is 0.150 e. The van der Waals surface area contributed by atoms with Crippen molar-refractivity contribution in [3.63, 3.8) is 0 Å². The molecule has 0 bridgehead atoms. The first-order chi connectivity index (χ1) is 6.99. The summed E-state index contributed by atoms with van der Waals surface area (Å²) in [6.45, 7) is 2.91. The Morgan fingerprint density at radius 3 is 2.67 bits per heavy atom. The third-order valence-corrected chi connectivity index (χ3v) is 4.56. The molecular weight excluding hydrogens is 212 g/mol. The quantitative estimate of drug-likeness (QED) is 0.655. The van der Waals surface area contributed by atoms with Gasteiger partial charge in [-0.2, -0.15) is 0 Å². The largest absolute Gasteiger partial charge is 0.316 e. The molecule has 1 N–H and O–H groups in total. The van der Waals surface area contributed by atoms with Crippen molar-refractivity contribution in [3.8, 4) is 0 Å². The number of rotatable bonds is 6. The van der Waals surface area contributed by atoms with Crippen LogP contribution in [0.15, 0.2) is 0 Å². The second-order valence-electron chi connectivity index (χ2n) is 4.63. The van der Waals surface area contributed by atoms with Gasteiger partial charge in [0, 0.05) is 0 Å². The average Bonchev–Trinajstić information content (AvgIpc) is 2.44. The minimum atomic E-state index is -2.70. The monoisotopic (exact) mass is 234 g/mol. The summed E-state index contributed by atoms with van der Waals surface area (Å²) in [5, 5.41) is 3.33. The van der Waals surface area contributed by atoms with Gasteiger partial charge < -0.3 is 10.2 Å². The predicted molar refractivity (Wildman–Crippen MR) is 62.8 cm³/mol. The van der Waals surface area contributed by atoms with Gasteiger partial charge in [0.1, 0.15) is 0 Å². The van der Waals surface area contributed by atoms with E-state index in [-0.39, 0.29) is 0 Å². The van der Waals surface area contributed by atoms with E-state index in [1.54, 1.807) is 0 Å². The highest BCUT2D eigenvalue weighted by Crippen LogP contribution is 2.17. The van der Waals surface area contributed by atoms with E-state index in [1.165, 1.54) is 0 Å². The van der Waals surface area contributed by atoms with Crippen molar-refractivity contribution in [2.45, 2.75) is 12.8 Å². The summed E-state index contributed by atoms with van der Waals surface area (Å²) in [5.41, 5.74) is 0. The third-order valence-electron chi connectivity index (χ3n) is 2.72. The molecule has 0 amide bonds. The molecule has 0 aromatic rings. The molecule has 1 rings (SSSR count). The minimum Gasteiger partial charge on any atom is -0.316 e. The van der Waals surface area contributed by atoms with Gasteiger partial charge in [-0.05, 0) is 52.5 Å². The van der Waals surface area contributed by atoms with Gasteiger partial charge >= 0.3 is 0 Å². The second kappa shape index (κ2) is 5.82. The molecule has 0 radical (unpaired) electrons. The summed E-state index contributed by atoms with van der Waals surface area (Å²) in [4.78, 5) is 2.15. The molecule has 1 unspecified atom stereocenters. The van der Waals surface area contributed by atoms with Crippen molar-refractivity contribution in [3.05, 3.63) is 0 Å². The Kier molecular flexibility index (Phi) is 5.02. The lowest BCUT2D eigenvalue weighted by atomic mass is 10.1. The SMILES string of the molecule is CN(C)CCCNCC1CCS(=O)(=O)C1. The molecular formula is C10H22N2O2S. The lowest BCUT2D eigenvalue weighted by molar-refractivity contribution is 0.390. The first-order valence-electron chi connectivity index (χ1n) is 5.55. The zero-order chi connectivity index (χ0) is 11.3. The summed E-state index contributed by atoms with van der Waals surface area (Å²) < 4.78 is 22.4. The molecule has 5 heteroatoms. The molecule has 0 aliphatic carbocycles. The Balaban J connectivity index is 2.02. The van der Waals surface area contributed by atoms with Crippen LogP contribution in [-0.2, 0) is 9.84 Å². The highest BCUT2D eigenvalue weighted by atomic mass is 32.2. The molecule has 0 saturated carbocycles. The van der Waals surface area contributed by atoms with Crippen LogP contribution in [0.1, 0.15) is 12.8 Å². The Labute approximate surface area is 93.0 Å². The number of hydrogen-bond donors (Lipinski definition) is 1. The maximum atomic E-state index is 11.2. The van der Waals surface area contributed by atoms with Gasteiger partial charge in [0.15, 0.2) is 9.84 Å². The van der Waals surface area contributed by atoms with Crippen molar-refractivity contribution >= 4 is 9.84 Å². The molecule has 1 atom stereocenters. The van der Waals surface area contributed by atoms with Gasteiger partial charge in [-0.1, -0.05) is 0 Å². The van der Waals surface area contributed by atoms with E-state index in [0.717, 1.165) is 32.5 Å². The summed E-state index contributed by atoms with van der Waals surface area (Å²) in [7, 11) is 1.42. The fourth-order valence-electron chi connectivity index (χ4n) is 1.86. The molecule has 1 heterocycles. The summed E-state index contributed by atoms with van der Waals surface area (Å²) in [5.74, 6) is 1.11. The van der Waals surface area contributed by atoms with Crippen molar-refractivity contribution < 1.29 is 8.42 Å². The maximum Gasteiger partial charge on any atom is 0.150 e. The standard InChI is InChI=1S/C10H22N2O2S/c1-12(2)6-3-5-11-8-10-4-7-15(13,14)9-10/h10-11H,3-9H2,1-2H3. The van der Waals surface area contributed by atoms with E-state index in [2.05, 4.69) is 24.3 Å². The van der Waals surface area contributed by atoms with E-state index in [9.17, 15) is 8.42 Å². The van der Waals surface area contributed by atoms with Crippen LogP contribution >= 0.6 is 0 Å². The number of sulfone groups is 1. The van der Waals surface area contributed by atoms with Gasteiger partial charge in [-0.15, -0.1) is 0 Å². The summed E-state index contributed by atoms with van der Waals surface area (Å²) >= 11 is 0. The van der Waals surface area contributed by atoms with Crippen LogP contribution in [0, 0.1) is 5.92 Å². The Morgan fingerprint density at radius 1 is 1.40 bits per heavy atom. The first-order valence-corrected chi connectivity index (χ1v) is 7.37. The van der Waals surface area contributed by atoms with Gasteiger partial charge in [0.2, 0.25) is 0 Å².